The molecule has 2 bridgehead atoms. The molecule has 1 aromatic rings. The largest absolute Gasteiger partial charge is 0.298 e. The van der Waals surface area contributed by atoms with Gasteiger partial charge in [-0.1, -0.05) is 29.3 Å². The van der Waals surface area contributed by atoms with E-state index in [4.69, 9.17) is 23.2 Å². The highest BCUT2D eigenvalue weighted by Gasteiger charge is 2.67. The van der Waals surface area contributed by atoms with E-state index < -0.39 is 5.92 Å². The van der Waals surface area contributed by atoms with Crippen molar-refractivity contribution in [2.45, 2.75) is 25.2 Å². The van der Waals surface area contributed by atoms with Crippen LogP contribution in [0, 0.1) is 40.9 Å². The summed E-state index contributed by atoms with van der Waals surface area (Å²) >= 11 is 12.3. The molecule has 21 heavy (non-hydrogen) atoms. The van der Waals surface area contributed by atoms with Gasteiger partial charge in [0.1, 0.15) is 5.92 Å². The first-order valence-electron chi connectivity index (χ1n) is 7.50. The molecule has 5 atom stereocenters. The third-order valence-corrected chi connectivity index (χ3v) is 6.43. The maximum atomic E-state index is 12.8. The average Bonchev–Trinajstić information content (AvgIpc) is 2.90. The molecule has 2 nitrogen and oxygen atoms in total. The highest BCUT2D eigenvalue weighted by atomic mass is 35.5. The van der Waals surface area contributed by atoms with Crippen molar-refractivity contribution in [1.29, 1.82) is 5.26 Å². The number of benzene rings is 1. The maximum Gasteiger partial charge on any atom is 0.158 e. The van der Waals surface area contributed by atoms with E-state index in [2.05, 4.69) is 6.07 Å². The lowest BCUT2D eigenvalue weighted by Crippen LogP contribution is -2.18. The molecule has 0 aromatic heterocycles. The van der Waals surface area contributed by atoms with Gasteiger partial charge in [0.2, 0.25) is 0 Å². The Kier molecular flexibility index (Phi) is 3.07. The van der Waals surface area contributed by atoms with E-state index in [1.54, 1.807) is 18.2 Å². The van der Waals surface area contributed by atoms with Crippen LogP contribution in [0.5, 0.6) is 0 Å². The summed E-state index contributed by atoms with van der Waals surface area (Å²) in [6, 6.07) is 7.26. The highest BCUT2D eigenvalue weighted by Crippen LogP contribution is 2.70. The van der Waals surface area contributed by atoms with Gasteiger partial charge in [-0.3, -0.25) is 4.79 Å². The molecule has 0 amide bonds. The van der Waals surface area contributed by atoms with Gasteiger partial charge in [-0.2, -0.15) is 5.26 Å². The van der Waals surface area contributed by atoms with E-state index in [0.29, 0.717) is 27.4 Å². The minimum absolute atomic E-state index is 0.0408. The Morgan fingerprint density at radius 3 is 2.29 bits per heavy atom. The van der Waals surface area contributed by atoms with Gasteiger partial charge in [0.05, 0.1) is 6.07 Å². The van der Waals surface area contributed by atoms with Crippen molar-refractivity contribution in [3.05, 3.63) is 33.8 Å². The molecular formula is C17H15Cl2NO. The standard InChI is InChI=1S/C17H15Cl2NO/c18-11-2-1-3-12(19)15(11)10(7-20)17(21)16-13-8-4-5-9(6-8)14(13)16/h1-3,8-10,13-14,16H,4-6H2. The minimum atomic E-state index is -0.818. The van der Waals surface area contributed by atoms with Gasteiger partial charge in [-0.15, -0.1) is 0 Å². The molecule has 4 rings (SSSR count). The molecule has 0 saturated heterocycles. The van der Waals surface area contributed by atoms with Crippen molar-refractivity contribution in [1.82, 2.24) is 0 Å². The predicted molar refractivity (Wildman–Crippen MR) is 81.1 cm³/mol. The lowest BCUT2D eigenvalue weighted by Gasteiger charge is -2.14. The van der Waals surface area contributed by atoms with Crippen LogP contribution < -0.4 is 0 Å². The van der Waals surface area contributed by atoms with Gasteiger partial charge in [-0.25, -0.2) is 0 Å². The first-order valence-corrected chi connectivity index (χ1v) is 8.26. The van der Waals surface area contributed by atoms with Crippen LogP contribution >= 0.6 is 23.2 Å². The fourth-order valence-corrected chi connectivity index (χ4v) is 5.57. The predicted octanol–water partition coefficient (Wildman–Crippen LogP) is 4.46. The zero-order chi connectivity index (χ0) is 14.7. The van der Waals surface area contributed by atoms with Crippen LogP contribution in [0.15, 0.2) is 18.2 Å². The second-order valence-corrected chi connectivity index (χ2v) is 7.43. The SMILES string of the molecule is N#CC(C(=O)C1C2C3CCC(C3)C12)c1c(Cl)cccc1Cl. The zero-order valence-corrected chi connectivity index (χ0v) is 12.9. The Labute approximate surface area is 134 Å². The molecule has 0 radical (unpaired) electrons. The van der Waals surface area contributed by atoms with Crippen LogP contribution in [-0.4, -0.2) is 5.78 Å². The van der Waals surface area contributed by atoms with Crippen molar-refractivity contribution < 1.29 is 4.79 Å². The third kappa shape index (κ3) is 1.87. The Morgan fingerprint density at radius 1 is 1.19 bits per heavy atom. The lowest BCUT2D eigenvalue weighted by molar-refractivity contribution is -0.121. The Bertz CT molecular complexity index is 629. The van der Waals surface area contributed by atoms with Crippen molar-refractivity contribution in [2.24, 2.45) is 29.6 Å². The molecule has 0 aliphatic heterocycles. The van der Waals surface area contributed by atoms with E-state index in [1.807, 2.05) is 0 Å². The van der Waals surface area contributed by atoms with Gasteiger partial charge in [0.25, 0.3) is 0 Å². The monoisotopic (exact) mass is 319 g/mol. The van der Waals surface area contributed by atoms with E-state index >= 15 is 0 Å². The number of rotatable bonds is 3. The lowest BCUT2D eigenvalue weighted by atomic mass is 9.89. The highest BCUT2D eigenvalue weighted by molar-refractivity contribution is 6.36. The molecule has 3 fully saturated rings. The first kappa shape index (κ1) is 13.6. The molecule has 0 spiro atoms. The van der Waals surface area contributed by atoms with E-state index in [1.165, 1.54) is 19.3 Å². The maximum absolute atomic E-state index is 12.8. The summed E-state index contributed by atoms with van der Waals surface area (Å²) in [7, 11) is 0. The Hall–Kier alpha value is -1.04. The summed E-state index contributed by atoms with van der Waals surface area (Å²) < 4.78 is 0. The first-order chi connectivity index (χ1) is 10.1. The van der Waals surface area contributed by atoms with Crippen molar-refractivity contribution in [3.63, 3.8) is 0 Å². The average molecular weight is 320 g/mol. The van der Waals surface area contributed by atoms with Crippen LogP contribution in [0.25, 0.3) is 0 Å². The van der Waals surface area contributed by atoms with Crippen LogP contribution in [0.2, 0.25) is 10.0 Å². The zero-order valence-electron chi connectivity index (χ0n) is 11.4. The smallest absolute Gasteiger partial charge is 0.158 e. The van der Waals surface area contributed by atoms with Gasteiger partial charge >= 0.3 is 0 Å². The van der Waals surface area contributed by atoms with Gasteiger partial charge < -0.3 is 0 Å². The van der Waals surface area contributed by atoms with Crippen LogP contribution in [0.4, 0.5) is 0 Å². The van der Waals surface area contributed by atoms with Gasteiger partial charge in [-0.05, 0) is 55.1 Å². The molecule has 1 aromatic carbocycles. The normalized spacial score (nSPS) is 36.9. The number of nitrogens with zero attached hydrogens (tertiary/aromatic N) is 1. The molecular weight excluding hydrogens is 305 g/mol. The van der Waals surface area contributed by atoms with Gasteiger partial charge in [0.15, 0.2) is 5.78 Å². The fourth-order valence-electron chi connectivity index (χ4n) is 4.95. The number of Topliss-reactive ketones (excluding diaryl/α,β-unsaturated/α-hetero) is 1. The number of nitriles is 1. The second kappa shape index (κ2) is 4.73. The molecule has 0 heterocycles. The number of fused-ring (bicyclic) bond motifs is 5. The molecule has 4 heteroatoms. The number of halogens is 2. The summed E-state index contributed by atoms with van der Waals surface area (Å²) in [5.41, 5.74) is 0.491. The Balaban J connectivity index is 1.63. The fraction of sp³-hybridized carbons (Fsp3) is 0.529. The molecule has 108 valence electrons. The molecule has 3 aliphatic rings. The van der Waals surface area contributed by atoms with Crippen molar-refractivity contribution >= 4 is 29.0 Å². The van der Waals surface area contributed by atoms with Crippen LogP contribution in [0.3, 0.4) is 0 Å². The van der Waals surface area contributed by atoms with Gasteiger partial charge in [0, 0.05) is 21.5 Å². The second-order valence-electron chi connectivity index (χ2n) is 6.61. The van der Waals surface area contributed by atoms with E-state index in [-0.39, 0.29) is 11.7 Å². The number of ketones is 1. The number of carbonyl (C=O) groups is 1. The van der Waals surface area contributed by atoms with Crippen molar-refractivity contribution in [2.75, 3.05) is 0 Å². The number of hydrogen-bond acceptors (Lipinski definition) is 2. The molecule has 0 N–H and O–H groups in total. The van der Waals surface area contributed by atoms with Crippen LogP contribution in [-0.2, 0) is 4.79 Å². The molecule has 3 aliphatic carbocycles. The van der Waals surface area contributed by atoms with Crippen molar-refractivity contribution in [3.8, 4) is 6.07 Å². The number of hydrogen-bond donors (Lipinski definition) is 0. The van der Waals surface area contributed by atoms with Crippen LogP contribution in [0.1, 0.15) is 30.7 Å². The number of carbonyl (C=O) groups excluding carboxylic acids is 1. The summed E-state index contributed by atoms with van der Waals surface area (Å²) in [6.07, 6.45) is 3.82. The van der Waals surface area contributed by atoms with E-state index in [0.717, 1.165) is 11.8 Å². The van der Waals surface area contributed by atoms with E-state index in [9.17, 15) is 10.1 Å². The molecule has 3 saturated carbocycles. The quantitative estimate of drug-likeness (QED) is 0.825. The third-order valence-electron chi connectivity index (χ3n) is 5.77. The summed E-state index contributed by atoms with van der Waals surface area (Å²) in [4.78, 5) is 12.8. The summed E-state index contributed by atoms with van der Waals surface area (Å²) in [6.45, 7) is 0. The Morgan fingerprint density at radius 2 is 1.76 bits per heavy atom. The topological polar surface area (TPSA) is 40.9 Å². The summed E-state index contributed by atoms with van der Waals surface area (Å²) in [5, 5.41) is 10.3. The molecule has 5 unspecified atom stereocenters. The minimum Gasteiger partial charge on any atom is -0.298 e. The summed E-state index contributed by atoms with van der Waals surface area (Å²) in [5.74, 6) is 1.81.